The number of carbonyl (C=O) groups excluding carboxylic acids is 3. The number of hydrogen-bond acceptors (Lipinski definition) is 15. The molecule has 0 saturated heterocycles. The number of ether oxygens (including phenoxy) is 3. The molecule has 0 unspecified atom stereocenters. The molecule has 0 aliphatic rings. The second-order valence-electron chi connectivity index (χ2n) is 7.20. The fourth-order valence-corrected chi connectivity index (χ4v) is 3.03. The molecule has 2 rings (SSSR count). The van der Waals surface area contributed by atoms with Gasteiger partial charge in [-0.2, -0.15) is 0 Å². The smallest absolute Gasteiger partial charge is 0.360 e. The quantitative estimate of drug-likeness (QED) is 0.0921. The van der Waals surface area contributed by atoms with Crippen LogP contribution in [0.4, 0.5) is 23.3 Å². The van der Waals surface area contributed by atoms with Crippen LogP contribution in [0.25, 0.3) is 0 Å². The minimum absolute atomic E-state index is 0.0863. The summed E-state index contributed by atoms with van der Waals surface area (Å²) in [5.41, 5.74) is 20.8. The molecule has 0 aromatic carbocycles. The third-order valence-corrected chi connectivity index (χ3v) is 5.01. The molecule has 37 heavy (non-hydrogen) atoms. The maximum Gasteiger partial charge on any atom is 0.360 e. The number of nitrogens with zero attached hydrogens (tertiary/aromatic N) is 4. The van der Waals surface area contributed by atoms with Crippen LogP contribution >= 0.6 is 15.9 Å². The van der Waals surface area contributed by atoms with E-state index in [9.17, 15) is 19.2 Å². The first-order valence-electron chi connectivity index (χ1n) is 10.7. The fourth-order valence-electron chi connectivity index (χ4n) is 2.63. The minimum Gasteiger partial charge on any atom is -0.476 e. The number of halogens is 1. The topological polar surface area (TPSA) is 272 Å². The van der Waals surface area contributed by atoms with E-state index in [0.29, 0.717) is 6.42 Å². The zero-order valence-electron chi connectivity index (χ0n) is 19.4. The predicted octanol–water partition coefficient (Wildman–Crippen LogP) is 0.420. The van der Waals surface area contributed by atoms with Crippen molar-refractivity contribution in [3.8, 4) is 0 Å². The zero-order valence-corrected chi connectivity index (χ0v) is 21.0. The molecule has 16 nitrogen and oxygen atoms in total. The number of unbranched alkanes of at least 4 members (excludes halogenated alkanes) is 2. The van der Waals surface area contributed by atoms with Gasteiger partial charge in [0.2, 0.25) is 0 Å². The van der Waals surface area contributed by atoms with Crippen molar-refractivity contribution in [1.29, 1.82) is 0 Å². The Balaban J connectivity index is 1.80. The molecular formula is C20H25BrN8O8. The lowest BCUT2D eigenvalue weighted by atomic mass is 10.3. The third kappa shape index (κ3) is 8.13. The summed E-state index contributed by atoms with van der Waals surface area (Å²) >= 11 is 3.27. The number of anilines is 4. The molecule has 2 aromatic heterocycles. The van der Waals surface area contributed by atoms with Gasteiger partial charge < -0.3 is 42.3 Å². The van der Waals surface area contributed by atoms with E-state index in [0.717, 1.165) is 11.8 Å². The number of aromatic nitrogens is 4. The lowest BCUT2D eigenvalue weighted by molar-refractivity contribution is 0.0426. The van der Waals surface area contributed by atoms with Crippen molar-refractivity contribution in [2.24, 2.45) is 0 Å². The lowest BCUT2D eigenvalue weighted by Crippen LogP contribution is -2.19. The van der Waals surface area contributed by atoms with E-state index in [-0.39, 0.29) is 55.7 Å². The molecule has 0 amide bonds. The molecular weight excluding hydrogens is 560 g/mol. The van der Waals surface area contributed by atoms with Crippen molar-refractivity contribution in [1.82, 2.24) is 19.9 Å². The Kier molecular flexibility index (Phi) is 10.7. The Bertz CT molecular complexity index is 1180. The van der Waals surface area contributed by atoms with Crippen LogP contribution < -0.4 is 22.9 Å². The highest BCUT2D eigenvalue weighted by Gasteiger charge is 2.23. The third-order valence-electron chi connectivity index (χ3n) is 4.45. The largest absolute Gasteiger partial charge is 0.476 e. The number of nitrogens with two attached hydrogens (primary N) is 4. The van der Waals surface area contributed by atoms with Crippen molar-refractivity contribution in [2.45, 2.75) is 25.7 Å². The van der Waals surface area contributed by atoms with Gasteiger partial charge in [-0.05, 0) is 25.7 Å². The first-order chi connectivity index (χ1) is 17.6. The van der Waals surface area contributed by atoms with Crippen molar-refractivity contribution in [2.75, 3.05) is 48.1 Å². The summed E-state index contributed by atoms with van der Waals surface area (Å²) in [4.78, 5) is 62.2. The molecule has 0 radical (unpaired) electrons. The monoisotopic (exact) mass is 584 g/mol. The number of hydrogen-bond donors (Lipinski definition) is 5. The average Bonchev–Trinajstić information content (AvgIpc) is 2.85. The molecule has 0 fully saturated rings. The fraction of sp³-hybridized carbons (Fsp3) is 0.400. The number of esters is 3. The Morgan fingerprint density at radius 1 is 0.595 bits per heavy atom. The molecule has 0 aliphatic carbocycles. The van der Waals surface area contributed by atoms with Crippen molar-refractivity contribution >= 4 is 63.1 Å². The van der Waals surface area contributed by atoms with E-state index in [2.05, 4.69) is 35.9 Å². The summed E-state index contributed by atoms with van der Waals surface area (Å²) in [6.07, 6.45) is 2.00. The summed E-state index contributed by atoms with van der Waals surface area (Å²) in [5.74, 6) is -5.75. The number of aromatic carboxylic acids is 1. The van der Waals surface area contributed by atoms with E-state index in [4.69, 9.17) is 42.3 Å². The number of alkyl halides is 1. The van der Waals surface area contributed by atoms with Gasteiger partial charge in [0.05, 0.1) is 19.8 Å². The van der Waals surface area contributed by atoms with Gasteiger partial charge in [0.25, 0.3) is 0 Å². The van der Waals surface area contributed by atoms with Gasteiger partial charge >= 0.3 is 23.9 Å². The minimum atomic E-state index is -1.45. The Labute approximate surface area is 218 Å². The molecule has 0 saturated carbocycles. The van der Waals surface area contributed by atoms with E-state index < -0.39 is 46.9 Å². The number of carbonyl (C=O) groups is 4. The molecule has 0 bridgehead atoms. The Morgan fingerprint density at radius 2 is 0.892 bits per heavy atom. The first kappa shape index (κ1) is 29.0. The van der Waals surface area contributed by atoms with Crippen LogP contribution in [-0.2, 0) is 14.2 Å². The van der Waals surface area contributed by atoms with E-state index in [1.807, 2.05) is 0 Å². The van der Waals surface area contributed by atoms with Gasteiger partial charge in [0, 0.05) is 5.33 Å². The van der Waals surface area contributed by atoms with Gasteiger partial charge in [0.1, 0.15) is 0 Å². The Morgan fingerprint density at radius 3 is 1.22 bits per heavy atom. The van der Waals surface area contributed by atoms with Gasteiger partial charge in [-0.15, -0.1) is 0 Å². The van der Waals surface area contributed by atoms with E-state index in [1.165, 1.54) is 0 Å². The van der Waals surface area contributed by atoms with Crippen LogP contribution in [0.1, 0.15) is 67.6 Å². The Hall–Kier alpha value is -4.28. The zero-order chi connectivity index (χ0) is 27.5. The maximum absolute atomic E-state index is 12.3. The van der Waals surface area contributed by atoms with Gasteiger partial charge in [-0.25, -0.2) is 39.1 Å². The number of rotatable bonds is 13. The predicted molar refractivity (Wildman–Crippen MR) is 132 cm³/mol. The van der Waals surface area contributed by atoms with Crippen LogP contribution in [0.15, 0.2) is 0 Å². The van der Waals surface area contributed by atoms with Gasteiger partial charge in [-0.1, -0.05) is 15.9 Å². The number of nitrogen functional groups attached to an aromatic ring is 4. The van der Waals surface area contributed by atoms with Gasteiger partial charge in [-0.3, -0.25) is 0 Å². The number of carboxylic acid groups (broad SMARTS) is 1. The lowest BCUT2D eigenvalue weighted by Gasteiger charge is -2.10. The van der Waals surface area contributed by atoms with Gasteiger partial charge in [0.15, 0.2) is 46.0 Å². The summed E-state index contributed by atoms with van der Waals surface area (Å²) in [5, 5.41) is 9.70. The molecule has 2 aromatic rings. The van der Waals surface area contributed by atoms with Crippen LogP contribution in [0.3, 0.4) is 0 Å². The van der Waals surface area contributed by atoms with E-state index >= 15 is 0 Å². The first-order valence-corrected chi connectivity index (χ1v) is 11.9. The van der Waals surface area contributed by atoms with Crippen molar-refractivity contribution < 1.29 is 38.5 Å². The van der Waals surface area contributed by atoms with Crippen molar-refractivity contribution in [3.63, 3.8) is 0 Å². The summed E-state index contributed by atoms with van der Waals surface area (Å²) in [7, 11) is 0. The highest BCUT2D eigenvalue weighted by Crippen LogP contribution is 2.16. The molecule has 0 atom stereocenters. The average molecular weight is 585 g/mol. The molecule has 0 aliphatic heterocycles. The summed E-state index contributed by atoms with van der Waals surface area (Å²) in [6, 6.07) is 0. The second-order valence-corrected chi connectivity index (χ2v) is 7.99. The van der Waals surface area contributed by atoms with Crippen LogP contribution in [-0.4, -0.2) is 74.1 Å². The second kappa shape index (κ2) is 13.7. The molecule has 200 valence electrons. The molecule has 17 heteroatoms. The van der Waals surface area contributed by atoms with Crippen LogP contribution in [0, 0.1) is 0 Å². The van der Waals surface area contributed by atoms with E-state index in [1.54, 1.807) is 0 Å². The van der Waals surface area contributed by atoms with Crippen molar-refractivity contribution in [3.05, 3.63) is 22.8 Å². The summed E-state index contributed by atoms with van der Waals surface area (Å²) in [6.45, 7) is -0.0210. The molecule has 2 heterocycles. The molecule has 9 N–H and O–H groups in total. The normalized spacial score (nSPS) is 10.5. The standard InChI is InChI=1S/C20H25BrN8O8/c21-5-1-2-6-35-19(33)11-15(24)29-12(16(25)28-11)20(34)37-8-4-3-7-36-18(32)10-14(23)26-9(17(30)31)13(22)27-10/h1-8H2,(H2,22,27)(H2,23,26)(H2,24,29)(H2,25,28)(H,30,31). The summed E-state index contributed by atoms with van der Waals surface area (Å²) < 4.78 is 15.1. The van der Waals surface area contributed by atoms with Crippen LogP contribution in [0.2, 0.25) is 0 Å². The van der Waals surface area contributed by atoms with Crippen LogP contribution in [0.5, 0.6) is 0 Å². The maximum atomic E-state index is 12.3. The highest BCUT2D eigenvalue weighted by atomic mass is 79.9. The molecule has 0 spiro atoms. The highest BCUT2D eigenvalue weighted by molar-refractivity contribution is 9.09. The number of carboxylic acids is 1. The SMILES string of the molecule is Nc1nc(C(=O)OCCCCOC(=O)c2nc(N)c(C(=O)OCCCCBr)nc2N)c(N)nc1C(=O)O.